The third-order valence-corrected chi connectivity index (χ3v) is 5.41. The van der Waals surface area contributed by atoms with Crippen molar-refractivity contribution < 1.29 is 14.3 Å². The van der Waals surface area contributed by atoms with Gasteiger partial charge in [-0.15, -0.1) is 0 Å². The lowest BCUT2D eigenvalue weighted by molar-refractivity contribution is -0.163. The van der Waals surface area contributed by atoms with Crippen molar-refractivity contribution >= 4 is 5.97 Å². The summed E-state index contributed by atoms with van der Waals surface area (Å²) in [6.45, 7) is 7.64. The number of benzene rings is 1. The Morgan fingerprint density at radius 1 is 1.17 bits per heavy atom. The van der Waals surface area contributed by atoms with Crippen LogP contribution in [0.5, 0.6) is 0 Å². The van der Waals surface area contributed by atoms with Gasteiger partial charge in [0, 0.05) is 25.4 Å². The number of aromatic nitrogens is 2. The minimum atomic E-state index is -0.659. The molecule has 0 bridgehead atoms. The van der Waals surface area contributed by atoms with Crippen LogP contribution in [0.4, 0.5) is 0 Å². The van der Waals surface area contributed by atoms with Crippen LogP contribution in [0.1, 0.15) is 62.9 Å². The average Bonchev–Trinajstić information content (AvgIpc) is 2.72. The molecule has 1 aromatic heterocycles. The molecule has 1 aliphatic rings. The minimum Gasteiger partial charge on any atom is -0.460 e. The molecule has 3 atom stereocenters. The number of rotatable bonds is 3. The van der Waals surface area contributed by atoms with Crippen LogP contribution in [0, 0.1) is 24.7 Å². The Morgan fingerprint density at radius 2 is 1.83 bits per heavy atom. The molecule has 0 aliphatic heterocycles. The molecule has 1 unspecified atom stereocenters. The van der Waals surface area contributed by atoms with Crippen LogP contribution in [0.3, 0.4) is 0 Å². The van der Waals surface area contributed by atoms with Crippen LogP contribution in [-0.2, 0) is 14.3 Å². The van der Waals surface area contributed by atoms with Crippen LogP contribution >= 0.6 is 0 Å². The van der Waals surface area contributed by atoms with E-state index >= 15 is 0 Å². The van der Waals surface area contributed by atoms with Gasteiger partial charge < -0.3 is 9.47 Å². The van der Waals surface area contributed by atoms with Gasteiger partial charge in [0.1, 0.15) is 11.2 Å². The van der Waals surface area contributed by atoms with Gasteiger partial charge in [-0.05, 0) is 64.0 Å². The monoisotopic (exact) mass is 406 g/mol. The van der Waals surface area contributed by atoms with E-state index in [1.165, 1.54) is 0 Å². The van der Waals surface area contributed by atoms with Crippen molar-refractivity contribution in [1.82, 2.24) is 9.97 Å². The lowest BCUT2D eigenvalue weighted by Crippen LogP contribution is -2.43. The zero-order valence-corrected chi connectivity index (χ0v) is 18.4. The Kier molecular flexibility index (Phi) is 6.58. The van der Waals surface area contributed by atoms with Crippen molar-refractivity contribution in [3.8, 4) is 11.8 Å². The van der Waals surface area contributed by atoms with E-state index in [1.807, 2.05) is 45.9 Å². The third-order valence-electron chi connectivity index (χ3n) is 5.41. The third kappa shape index (κ3) is 5.46. The average molecular weight is 407 g/mol. The number of hydrogen-bond donors (Lipinski definition) is 0. The first-order valence-corrected chi connectivity index (χ1v) is 10.4. The molecule has 1 aliphatic carbocycles. The van der Waals surface area contributed by atoms with Gasteiger partial charge >= 0.3 is 5.97 Å². The predicted octanol–water partition coefficient (Wildman–Crippen LogP) is 4.45. The number of carbonyl (C=O) groups is 1. The van der Waals surface area contributed by atoms with Gasteiger partial charge in [0.25, 0.3) is 0 Å². The SMILES string of the molecule is COC1(C#Cc2ncc(C)cn2)CC[C@@H](C(=O)OC(C)(C)C)[C@H](c2ccccc2)C1. The van der Waals surface area contributed by atoms with Crippen molar-refractivity contribution in [3.05, 3.63) is 59.7 Å². The van der Waals surface area contributed by atoms with Gasteiger partial charge in [-0.2, -0.15) is 0 Å². The molecule has 0 spiro atoms. The highest BCUT2D eigenvalue weighted by Gasteiger charge is 2.45. The molecule has 2 aromatic rings. The number of carbonyl (C=O) groups excluding carboxylic acids is 1. The molecule has 5 heteroatoms. The Labute approximate surface area is 179 Å². The van der Waals surface area contributed by atoms with E-state index in [2.05, 4.69) is 33.9 Å². The zero-order valence-electron chi connectivity index (χ0n) is 18.4. The highest BCUT2D eigenvalue weighted by atomic mass is 16.6. The van der Waals surface area contributed by atoms with Crippen molar-refractivity contribution in [2.75, 3.05) is 7.11 Å². The summed E-state index contributed by atoms with van der Waals surface area (Å²) in [5.41, 5.74) is 0.913. The molecule has 158 valence electrons. The fraction of sp³-hybridized carbons (Fsp3) is 0.480. The summed E-state index contributed by atoms with van der Waals surface area (Å²) in [4.78, 5) is 21.5. The number of nitrogens with zero attached hydrogens (tertiary/aromatic N) is 2. The van der Waals surface area contributed by atoms with E-state index in [9.17, 15) is 4.79 Å². The van der Waals surface area contributed by atoms with Crippen LogP contribution in [0.2, 0.25) is 0 Å². The van der Waals surface area contributed by atoms with Crippen LogP contribution in [0.15, 0.2) is 42.7 Å². The highest BCUT2D eigenvalue weighted by Crippen LogP contribution is 2.45. The smallest absolute Gasteiger partial charge is 0.310 e. The molecule has 3 rings (SSSR count). The second-order valence-corrected chi connectivity index (χ2v) is 8.93. The van der Waals surface area contributed by atoms with Gasteiger partial charge in [0.05, 0.1) is 5.92 Å². The van der Waals surface area contributed by atoms with Gasteiger partial charge in [-0.3, -0.25) is 4.79 Å². The number of hydrogen-bond acceptors (Lipinski definition) is 5. The maximum Gasteiger partial charge on any atom is 0.310 e. The molecule has 1 heterocycles. The minimum absolute atomic E-state index is 0.0389. The second-order valence-electron chi connectivity index (χ2n) is 8.93. The fourth-order valence-electron chi connectivity index (χ4n) is 3.88. The molecule has 0 saturated heterocycles. The molecule has 0 N–H and O–H groups in total. The Morgan fingerprint density at radius 3 is 2.43 bits per heavy atom. The molecule has 1 fully saturated rings. The summed E-state index contributed by atoms with van der Waals surface area (Å²) < 4.78 is 11.7. The molecular weight excluding hydrogens is 376 g/mol. The summed E-state index contributed by atoms with van der Waals surface area (Å²) in [7, 11) is 1.68. The van der Waals surface area contributed by atoms with Gasteiger partial charge in [-0.25, -0.2) is 9.97 Å². The number of aryl methyl sites for hydroxylation is 1. The van der Waals surface area contributed by atoms with Gasteiger partial charge in [-0.1, -0.05) is 36.3 Å². The van der Waals surface area contributed by atoms with Crippen LogP contribution in [-0.4, -0.2) is 34.2 Å². The molecule has 30 heavy (non-hydrogen) atoms. The second kappa shape index (κ2) is 8.97. The van der Waals surface area contributed by atoms with Gasteiger partial charge in [0.15, 0.2) is 0 Å². The molecule has 5 nitrogen and oxygen atoms in total. The van der Waals surface area contributed by atoms with Crippen molar-refractivity contribution in [3.63, 3.8) is 0 Å². The normalized spacial score (nSPS) is 23.9. The van der Waals surface area contributed by atoms with Crippen molar-refractivity contribution in [2.24, 2.45) is 5.92 Å². The lowest BCUT2D eigenvalue weighted by atomic mass is 9.69. The van der Waals surface area contributed by atoms with E-state index in [0.29, 0.717) is 25.1 Å². The summed E-state index contributed by atoms with van der Waals surface area (Å²) in [5, 5.41) is 0. The van der Waals surface area contributed by atoms with E-state index in [-0.39, 0.29) is 17.8 Å². The Hall–Kier alpha value is -2.71. The highest BCUT2D eigenvalue weighted by molar-refractivity contribution is 5.74. The molecule has 0 radical (unpaired) electrons. The number of methoxy groups -OCH3 is 1. The molecule has 1 aromatic carbocycles. The Balaban J connectivity index is 1.91. The summed E-state index contributed by atoms with van der Waals surface area (Å²) in [5.74, 6) is 6.40. The number of ether oxygens (including phenoxy) is 2. The maximum absolute atomic E-state index is 13.0. The number of esters is 1. The summed E-state index contributed by atoms with van der Waals surface area (Å²) in [6, 6.07) is 10.1. The zero-order chi connectivity index (χ0) is 21.8. The molecule has 1 saturated carbocycles. The largest absolute Gasteiger partial charge is 0.460 e. The maximum atomic E-state index is 13.0. The first-order chi connectivity index (χ1) is 14.2. The van der Waals surface area contributed by atoms with E-state index in [1.54, 1.807) is 19.5 Å². The van der Waals surface area contributed by atoms with E-state index in [0.717, 1.165) is 11.1 Å². The van der Waals surface area contributed by atoms with Gasteiger partial charge in [0.2, 0.25) is 5.82 Å². The first kappa shape index (κ1) is 22.0. The van der Waals surface area contributed by atoms with Crippen molar-refractivity contribution in [2.45, 2.75) is 64.1 Å². The Bertz CT molecular complexity index is 923. The quantitative estimate of drug-likeness (QED) is 0.557. The molecule has 0 amide bonds. The van der Waals surface area contributed by atoms with Crippen molar-refractivity contribution in [1.29, 1.82) is 0 Å². The standard InChI is InChI=1S/C25H30N2O3/c1-18-16-26-22(27-17-18)12-14-25(29-5)13-11-20(23(28)30-24(2,3)4)21(15-25)19-9-7-6-8-10-19/h6-10,16-17,20-21H,11,13,15H2,1-5H3/t20-,21+,25?/m1/s1. The summed E-state index contributed by atoms with van der Waals surface area (Å²) in [6.07, 6.45) is 5.41. The first-order valence-electron chi connectivity index (χ1n) is 10.4. The summed E-state index contributed by atoms with van der Waals surface area (Å²) >= 11 is 0. The topological polar surface area (TPSA) is 61.3 Å². The lowest BCUT2D eigenvalue weighted by Gasteiger charge is -2.41. The van der Waals surface area contributed by atoms with Crippen LogP contribution < -0.4 is 0 Å². The van der Waals surface area contributed by atoms with E-state index < -0.39 is 11.2 Å². The molecular formula is C25H30N2O3. The fourth-order valence-corrected chi connectivity index (χ4v) is 3.88. The predicted molar refractivity (Wildman–Crippen MR) is 116 cm³/mol. The van der Waals surface area contributed by atoms with E-state index in [4.69, 9.17) is 9.47 Å². The van der Waals surface area contributed by atoms with Crippen LogP contribution in [0.25, 0.3) is 0 Å².